The van der Waals surface area contributed by atoms with Crippen molar-refractivity contribution in [1.29, 1.82) is 0 Å². The van der Waals surface area contributed by atoms with Crippen LogP contribution in [-0.2, 0) is 14.3 Å². The minimum atomic E-state index is -0.578. The monoisotopic (exact) mass is 170 g/mol. The highest BCUT2D eigenvalue weighted by molar-refractivity contribution is 5.97. The van der Waals surface area contributed by atoms with Gasteiger partial charge in [0, 0.05) is 0 Å². The van der Waals surface area contributed by atoms with Gasteiger partial charge >= 0.3 is 11.9 Å². The second kappa shape index (κ2) is 2.88. The van der Waals surface area contributed by atoms with Crippen LogP contribution in [0.2, 0.25) is 0 Å². The van der Waals surface area contributed by atoms with E-state index in [2.05, 4.69) is 4.74 Å². The number of esters is 2. The lowest BCUT2D eigenvalue weighted by Crippen LogP contribution is -2.29. The van der Waals surface area contributed by atoms with E-state index in [0.29, 0.717) is 0 Å². The Morgan fingerprint density at radius 1 is 1.58 bits per heavy atom. The van der Waals surface area contributed by atoms with E-state index in [-0.39, 0.29) is 24.3 Å². The lowest BCUT2D eigenvalue weighted by Gasteiger charge is -2.24. The van der Waals surface area contributed by atoms with Gasteiger partial charge in [-0.1, -0.05) is 20.3 Å². The number of rotatable bonds is 2. The number of hydrogen-bond donors (Lipinski definition) is 0. The summed E-state index contributed by atoms with van der Waals surface area (Å²) < 4.78 is 4.52. The van der Waals surface area contributed by atoms with Gasteiger partial charge in [-0.15, -0.1) is 0 Å². The zero-order valence-corrected chi connectivity index (χ0v) is 7.72. The Morgan fingerprint density at radius 2 is 2.17 bits per heavy atom. The summed E-state index contributed by atoms with van der Waals surface area (Å²) in [6.07, 6.45) is 1.12. The van der Waals surface area contributed by atoms with Crippen LogP contribution in [-0.4, -0.2) is 11.9 Å². The zero-order chi connectivity index (χ0) is 9.35. The first-order chi connectivity index (χ1) is 5.50. The fourth-order valence-corrected chi connectivity index (χ4v) is 1.45. The Balaban J connectivity index is 2.84. The predicted molar refractivity (Wildman–Crippen MR) is 43.3 cm³/mol. The molecule has 12 heavy (non-hydrogen) atoms. The Labute approximate surface area is 72.1 Å². The first-order valence-corrected chi connectivity index (χ1v) is 4.25. The molecule has 1 fully saturated rings. The topological polar surface area (TPSA) is 43.4 Å². The van der Waals surface area contributed by atoms with Gasteiger partial charge in [0.25, 0.3) is 0 Å². The van der Waals surface area contributed by atoms with Gasteiger partial charge in [0.1, 0.15) is 0 Å². The number of carbonyl (C=O) groups excluding carboxylic acids is 2. The maximum absolute atomic E-state index is 11.3. The van der Waals surface area contributed by atoms with E-state index < -0.39 is 5.41 Å². The molecule has 2 atom stereocenters. The molecule has 0 amide bonds. The second-order valence-corrected chi connectivity index (χ2v) is 3.67. The average Bonchev–Trinajstić information content (AvgIpc) is 2.26. The van der Waals surface area contributed by atoms with Crippen molar-refractivity contribution in [2.45, 2.75) is 33.6 Å². The van der Waals surface area contributed by atoms with E-state index in [9.17, 15) is 9.59 Å². The number of hydrogen-bond acceptors (Lipinski definition) is 3. The molecule has 0 aromatic heterocycles. The molecule has 3 heteroatoms. The Kier molecular flexibility index (Phi) is 2.22. The third-order valence-corrected chi connectivity index (χ3v) is 2.88. The molecule has 0 radical (unpaired) electrons. The highest BCUT2D eigenvalue weighted by Crippen LogP contribution is 2.39. The van der Waals surface area contributed by atoms with Crippen LogP contribution >= 0.6 is 0 Å². The maximum atomic E-state index is 11.3. The molecule has 2 unspecified atom stereocenters. The molecule has 1 rings (SSSR count). The van der Waals surface area contributed by atoms with E-state index >= 15 is 0 Å². The van der Waals surface area contributed by atoms with Gasteiger partial charge in [0.05, 0.1) is 11.8 Å². The molecule has 0 bridgehead atoms. The SMILES string of the molecule is CCC(C)C1(C)CC(=O)OC1=O. The highest BCUT2D eigenvalue weighted by atomic mass is 16.6. The van der Waals surface area contributed by atoms with Gasteiger partial charge in [-0.2, -0.15) is 0 Å². The summed E-state index contributed by atoms with van der Waals surface area (Å²) in [5, 5.41) is 0. The lowest BCUT2D eigenvalue weighted by atomic mass is 9.75. The molecule has 0 aliphatic carbocycles. The van der Waals surface area contributed by atoms with Crippen molar-refractivity contribution < 1.29 is 14.3 Å². The van der Waals surface area contributed by atoms with Gasteiger partial charge in [-0.05, 0) is 12.8 Å². The van der Waals surface area contributed by atoms with E-state index in [1.807, 2.05) is 13.8 Å². The second-order valence-electron chi connectivity index (χ2n) is 3.67. The molecule has 0 N–H and O–H groups in total. The van der Waals surface area contributed by atoms with Crippen LogP contribution in [0.5, 0.6) is 0 Å². The van der Waals surface area contributed by atoms with E-state index in [1.165, 1.54) is 0 Å². The van der Waals surface area contributed by atoms with Gasteiger partial charge in [-0.3, -0.25) is 9.59 Å². The van der Waals surface area contributed by atoms with Crippen LogP contribution in [0.4, 0.5) is 0 Å². The molecular formula is C9H14O3. The summed E-state index contributed by atoms with van der Waals surface area (Å²) in [5.41, 5.74) is -0.578. The Bertz CT molecular complexity index is 222. The summed E-state index contributed by atoms with van der Waals surface area (Å²) in [4.78, 5) is 22.1. The van der Waals surface area contributed by atoms with Crippen molar-refractivity contribution in [1.82, 2.24) is 0 Å². The van der Waals surface area contributed by atoms with Crippen LogP contribution in [0, 0.1) is 11.3 Å². The first kappa shape index (κ1) is 9.23. The molecule has 0 aromatic carbocycles. The predicted octanol–water partition coefficient (Wildman–Crippen LogP) is 1.51. The van der Waals surface area contributed by atoms with E-state index in [0.717, 1.165) is 6.42 Å². The molecule has 1 aliphatic rings. The van der Waals surface area contributed by atoms with Crippen molar-refractivity contribution in [2.24, 2.45) is 11.3 Å². The van der Waals surface area contributed by atoms with Crippen molar-refractivity contribution in [2.75, 3.05) is 0 Å². The Morgan fingerprint density at radius 3 is 2.50 bits per heavy atom. The minimum absolute atomic E-state index is 0.205. The summed E-state index contributed by atoms with van der Waals surface area (Å²) >= 11 is 0. The van der Waals surface area contributed by atoms with E-state index in [1.54, 1.807) is 6.92 Å². The van der Waals surface area contributed by atoms with Gasteiger partial charge < -0.3 is 4.74 Å². The van der Waals surface area contributed by atoms with Crippen molar-refractivity contribution in [3.05, 3.63) is 0 Å². The Hall–Kier alpha value is -0.860. The molecule has 0 saturated carbocycles. The van der Waals surface area contributed by atoms with Crippen LogP contribution in [0.1, 0.15) is 33.6 Å². The first-order valence-electron chi connectivity index (χ1n) is 4.25. The smallest absolute Gasteiger partial charge is 0.320 e. The van der Waals surface area contributed by atoms with Crippen LogP contribution in [0.3, 0.4) is 0 Å². The summed E-state index contributed by atoms with van der Waals surface area (Å²) in [5.74, 6) is -0.541. The number of cyclic esters (lactones) is 2. The summed E-state index contributed by atoms with van der Waals surface area (Å²) in [6, 6.07) is 0. The minimum Gasteiger partial charge on any atom is -0.393 e. The molecule has 68 valence electrons. The van der Waals surface area contributed by atoms with Crippen LogP contribution < -0.4 is 0 Å². The van der Waals surface area contributed by atoms with Crippen molar-refractivity contribution in [3.63, 3.8) is 0 Å². The van der Waals surface area contributed by atoms with Crippen molar-refractivity contribution >= 4 is 11.9 Å². The molecule has 1 heterocycles. The molecule has 1 aliphatic heterocycles. The molecule has 3 nitrogen and oxygen atoms in total. The fourth-order valence-electron chi connectivity index (χ4n) is 1.45. The molecule has 1 saturated heterocycles. The zero-order valence-electron chi connectivity index (χ0n) is 7.72. The van der Waals surface area contributed by atoms with Crippen LogP contribution in [0.15, 0.2) is 0 Å². The van der Waals surface area contributed by atoms with Crippen molar-refractivity contribution in [3.8, 4) is 0 Å². The standard InChI is InChI=1S/C9H14O3/c1-4-6(2)9(3)5-7(10)12-8(9)11/h6H,4-5H2,1-3H3. The lowest BCUT2D eigenvalue weighted by molar-refractivity contribution is -0.155. The van der Waals surface area contributed by atoms with Gasteiger partial charge in [0.2, 0.25) is 0 Å². The normalized spacial score (nSPS) is 31.9. The quantitative estimate of drug-likeness (QED) is 0.466. The molecule has 0 spiro atoms. The fraction of sp³-hybridized carbons (Fsp3) is 0.778. The van der Waals surface area contributed by atoms with E-state index in [4.69, 9.17) is 0 Å². The average molecular weight is 170 g/mol. The third kappa shape index (κ3) is 1.24. The van der Waals surface area contributed by atoms with Gasteiger partial charge in [0.15, 0.2) is 0 Å². The molecule has 0 aromatic rings. The largest absolute Gasteiger partial charge is 0.393 e. The van der Waals surface area contributed by atoms with Crippen LogP contribution in [0.25, 0.3) is 0 Å². The van der Waals surface area contributed by atoms with Gasteiger partial charge in [-0.25, -0.2) is 0 Å². The number of carbonyl (C=O) groups is 2. The third-order valence-electron chi connectivity index (χ3n) is 2.88. The maximum Gasteiger partial charge on any atom is 0.320 e. The number of ether oxygens (including phenoxy) is 1. The molecular weight excluding hydrogens is 156 g/mol. The summed E-state index contributed by atoms with van der Waals surface area (Å²) in [7, 11) is 0. The summed E-state index contributed by atoms with van der Waals surface area (Å²) in [6.45, 7) is 5.78. The highest BCUT2D eigenvalue weighted by Gasteiger charge is 2.48.